The van der Waals surface area contributed by atoms with Crippen molar-refractivity contribution in [2.45, 2.75) is 31.7 Å². The van der Waals surface area contributed by atoms with Gasteiger partial charge in [0.15, 0.2) is 5.84 Å². The number of hydrazine groups is 1. The molecule has 0 spiro atoms. The Kier molecular flexibility index (Phi) is 3.05. The fraction of sp³-hybridized carbons (Fsp3) is 0.625. The Morgan fingerprint density at radius 1 is 1.57 bits per heavy atom. The molecule has 0 radical (unpaired) electrons. The number of nitrogens with two attached hydrogens (primary N) is 1. The van der Waals surface area contributed by atoms with Gasteiger partial charge in [-0.3, -0.25) is 4.99 Å². The number of hydrogen-bond donors (Lipinski definition) is 2. The van der Waals surface area contributed by atoms with Crippen molar-refractivity contribution in [2.75, 3.05) is 0 Å². The first-order chi connectivity index (χ1) is 6.90. The Morgan fingerprint density at radius 2 is 2.36 bits per heavy atom. The molecular weight excluding hydrogens is 198 g/mol. The van der Waals surface area contributed by atoms with Crippen molar-refractivity contribution in [3.63, 3.8) is 0 Å². The summed E-state index contributed by atoms with van der Waals surface area (Å²) in [5.74, 6) is 6.13. The predicted molar refractivity (Wildman–Crippen MR) is 56.0 cm³/mol. The second kappa shape index (κ2) is 4.47. The third-order valence-electron chi connectivity index (χ3n) is 2.37. The van der Waals surface area contributed by atoms with Crippen LogP contribution in [-0.4, -0.2) is 21.5 Å². The van der Waals surface area contributed by atoms with E-state index in [4.69, 9.17) is 5.84 Å². The maximum Gasteiger partial charge on any atom is 0.156 e. The molecular formula is C8H13N5S. The lowest BCUT2D eigenvalue weighted by molar-refractivity contribution is 0.701. The number of rotatable bonds is 2. The molecule has 1 heterocycles. The van der Waals surface area contributed by atoms with Crippen LogP contribution in [0.25, 0.3) is 0 Å². The number of nitrogens with one attached hydrogen (secondary N) is 1. The molecule has 14 heavy (non-hydrogen) atoms. The minimum atomic E-state index is 0.420. The smallest absolute Gasteiger partial charge is 0.156 e. The fourth-order valence-corrected chi connectivity index (χ4v) is 2.13. The quantitative estimate of drug-likeness (QED) is 0.326. The van der Waals surface area contributed by atoms with Gasteiger partial charge in [0.05, 0.1) is 12.2 Å². The van der Waals surface area contributed by atoms with Gasteiger partial charge in [-0.25, -0.2) is 5.84 Å². The van der Waals surface area contributed by atoms with E-state index in [0.717, 1.165) is 17.7 Å². The highest BCUT2D eigenvalue weighted by Crippen LogP contribution is 2.21. The highest BCUT2D eigenvalue weighted by Gasteiger charge is 2.15. The van der Waals surface area contributed by atoms with E-state index in [-0.39, 0.29) is 0 Å². The van der Waals surface area contributed by atoms with Gasteiger partial charge in [0.1, 0.15) is 4.88 Å². The van der Waals surface area contributed by atoms with E-state index in [1.807, 2.05) is 0 Å². The number of amidine groups is 1. The first kappa shape index (κ1) is 9.54. The SMILES string of the molecule is NNC(=NC1CCCC1)c1cnns1. The molecule has 1 fully saturated rings. The first-order valence-electron chi connectivity index (χ1n) is 4.72. The van der Waals surface area contributed by atoms with E-state index in [1.54, 1.807) is 6.20 Å². The highest BCUT2D eigenvalue weighted by atomic mass is 32.1. The van der Waals surface area contributed by atoms with Crippen molar-refractivity contribution in [2.24, 2.45) is 10.8 Å². The Morgan fingerprint density at radius 3 is 2.93 bits per heavy atom. The topological polar surface area (TPSA) is 76.2 Å². The van der Waals surface area contributed by atoms with Gasteiger partial charge in [-0.2, -0.15) is 0 Å². The summed E-state index contributed by atoms with van der Waals surface area (Å²) < 4.78 is 3.78. The molecule has 0 aliphatic heterocycles. The summed E-state index contributed by atoms with van der Waals surface area (Å²) in [7, 11) is 0. The van der Waals surface area contributed by atoms with Gasteiger partial charge in [0.2, 0.25) is 0 Å². The fourth-order valence-electron chi connectivity index (χ4n) is 1.66. The van der Waals surface area contributed by atoms with Crippen LogP contribution in [-0.2, 0) is 0 Å². The standard InChI is InChI=1S/C8H13N5S/c9-12-8(7-5-10-13-14-7)11-6-3-1-2-4-6/h5-6H,1-4,9H2,(H,11,12). The van der Waals surface area contributed by atoms with E-state index >= 15 is 0 Å². The molecule has 2 rings (SSSR count). The molecule has 6 heteroatoms. The van der Waals surface area contributed by atoms with Crippen LogP contribution in [0.5, 0.6) is 0 Å². The molecule has 1 aliphatic rings. The molecule has 0 amide bonds. The monoisotopic (exact) mass is 211 g/mol. The average Bonchev–Trinajstić information content (AvgIpc) is 2.86. The summed E-state index contributed by atoms with van der Waals surface area (Å²) in [6.07, 6.45) is 6.55. The zero-order valence-corrected chi connectivity index (χ0v) is 8.63. The van der Waals surface area contributed by atoms with Crippen molar-refractivity contribution in [3.8, 4) is 0 Å². The summed E-state index contributed by atoms with van der Waals surface area (Å²) in [6, 6.07) is 0.420. The molecule has 0 saturated heterocycles. The number of aliphatic imine (C=N–C) groups is 1. The molecule has 3 N–H and O–H groups in total. The van der Waals surface area contributed by atoms with Crippen LogP contribution in [0.2, 0.25) is 0 Å². The minimum Gasteiger partial charge on any atom is -0.307 e. The molecule has 1 saturated carbocycles. The van der Waals surface area contributed by atoms with E-state index in [9.17, 15) is 0 Å². The molecule has 5 nitrogen and oxygen atoms in total. The molecule has 1 aromatic heterocycles. The normalized spacial score (nSPS) is 18.8. The Hall–Kier alpha value is -1.01. The second-order valence-electron chi connectivity index (χ2n) is 3.34. The van der Waals surface area contributed by atoms with Crippen LogP contribution in [0.3, 0.4) is 0 Å². The third kappa shape index (κ3) is 2.08. The van der Waals surface area contributed by atoms with Crippen molar-refractivity contribution >= 4 is 17.4 Å². The van der Waals surface area contributed by atoms with Crippen LogP contribution in [0.15, 0.2) is 11.2 Å². The molecule has 0 unspecified atom stereocenters. The zero-order chi connectivity index (χ0) is 9.80. The molecule has 1 aliphatic carbocycles. The first-order valence-corrected chi connectivity index (χ1v) is 5.49. The molecule has 0 bridgehead atoms. The Balaban J connectivity index is 2.12. The lowest BCUT2D eigenvalue weighted by Gasteiger charge is -2.06. The number of aromatic nitrogens is 2. The maximum absolute atomic E-state index is 5.41. The van der Waals surface area contributed by atoms with Crippen molar-refractivity contribution in [1.29, 1.82) is 0 Å². The molecule has 1 aromatic rings. The second-order valence-corrected chi connectivity index (χ2v) is 4.13. The van der Waals surface area contributed by atoms with Crippen LogP contribution < -0.4 is 11.3 Å². The third-order valence-corrected chi connectivity index (χ3v) is 3.04. The van der Waals surface area contributed by atoms with E-state index < -0.39 is 0 Å². The van der Waals surface area contributed by atoms with Crippen LogP contribution in [0.4, 0.5) is 0 Å². The maximum atomic E-state index is 5.41. The van der Waals surface area contributed by atoms with Gasteiger partial charge in [0, 0.05) is 0 Å². The van der Waals surface area contributed by atoms with Crippen LogP contribution in [0, 0.1) is 0 Å². The summed E-state index contributed by atoms with van der Waals surface area (Å²) in [5, 5.41) is 3.76. The number of nitrogens with zero attached hydrogens (tertiary/aromatic N) is 3. The van der Waals surface area contributed by atoms with Gasteiger partial charge in [0.25, 0.3) is 0 Å². The summed E-state index contributed by atoms with van der Waals surface area (Å²) >= 11 is 1.30. The van der Waals surface area contributed by atoms with Crippen molar-refractivity contribution in [1.82, 2.24) is 15.0 Å². The number of hydrogen-bond acceptors (Lipinski definition) is 5. The van der Waals surface area contributed by atoms with Gasteiger partial charge < -0.3 is 5.43 Å². The molecule has 76 valence electrons. The van der Waals surface area contributed by atoms with E-state index in [1.165, 1.54) is 24.4 Å². The summed E-state index contributed by atoms with van der Waals surface area (Å²) in [6.45, 7) is 0. The predicted octanol–water partition coefficient (Wildman–Crippen LogP) is 0.691. The summed E-state index contributed by atoms with van der Waals surface area (Å²) in [4.78, 5) is 5.45. The van der Waals surface area contributed by atoms with Crippen molar-refractivity contribution in [3.05, 3.63) is 11.1 Å². The largest absolute Gasteiger partial charge is 0.307 e. The van der Waals surface area contributed by atoms with E-state index in [2.05, 4.69) is 20.0 Å². The lowest BCUT2D eigenvalue weighted by Crippen LogP contribution is -2.31. The molecule has 0 aromatic carbocycles. The molecule has 0 atom stereocenters. The van der Waals surface area contributed by atoms with Crippen molar-refractivity contribution < 1.29 is 0 Å². The van der Waals surface area contributed by atoms with Crippen LogP contribution >= 0.6 is 11.5 Å². The highest BCUT2D eigenvalue weighted by molar-refractivity contribution is 7.07. The van der Waals surface area contributed by atoms with Gasteiger partial charge >= 0.3 is 0 Å². The van der Waals surface area contributed by atoms with Crippen LogP contribution in [0.1, 0.15) is 30.6 Å². The van der Waals surface area contributed by atoms with Gasteiger partial charge in [-0.05, 0) is 24.4 Å². The van der Waals surface area contributed by atoms with Gasteiger partial charge in [-0.15, -0.1) is 5.10 Å². The van der Waals surface area contributed by atoms with Gasteiger partial charge in [-0.1, -0.05) is 17.3 Å². The minimum absolute atomic E-state index is 0.420. The Bertz CT molecular complexity index is 302. The average molecular weight is 211 g/mol. The lowest BCUT2D eigenvalue weighted by atomic mass is 10.3. The zero-order valence-electron chi connectivity index (χ0n) is 7.81. The summed E-state index contributed by atoms with van der Waals surface area (Å²) in [5.41, 5.74) is 2.61. The van der Waals surface area contributed by atoms with E-state index in [0.29, 0.717) is 11.9 Å². The Labute approximate surface area is 86.6 Å².